The van der Waals surface area contributed by atoms with Crippen molar-refractivity contribution in [1.29, 1.82) is 5.41 Å². The van der Waals surface area contributed by atoms with Crippen LogP contribution in [-0.4, -0.2) is 17.5 Å². The van der Waals surface area contributed by atoms with Crippen LogP contribution in [0.3, 0.4) is 0 Å². The lowest BCUT2D eigenvalue weighted by molar-refractivity contribution is 0.147. The molecular formula is C6H12N2O. The molecule has 9 heavy (non-hydrogen) atoms. The summed E-state index contributed by atoms with van der Waals surface area (Å²) in [6, 6.07) is 0. The number of hydrogen-bond acceptors (Lipinski definition) is 3. The Bertz CT molecular complexity index is 112. The number of nitrogens with one attached hydrogen (secondary N) is 2. The molecule has 1 atom stereocenters. The second-order valence-electron chi connectivity index (χ2n) is 1.74. The summed E-state index contributed by atoms with van der Waals surface area (Å²) in [4.78, 5) is 0. The van der Waals surface area contributed by atoms with Crippen LogP contribution in [0, 0.1) is 5.41 Å². The van der Waals surface area contributed by atoms with Crippen molar-refractivity contribution in [3.63, 3.8) is 0 Å². The summed E-state index contributed by atoms with van der Waals surface area (Å²) < 4.78 is 0. The fourth-order valence-corrected chi connectivity index (χ4v) is 0.358. The van der Waals surface area contributed by atoms with E-state index in [-0.39, 0.29) is 0 Å². The Morgan fingerprint density at radius 2 is 2.56 bits per heavy atom. The normalized spacial score (nSPS) is 12.2. The molecule has 0 amide bonds. The highest BCUT2D eigenvalue weighted by Crippen LogP contribution is 1.86. The van der Waals surface area contributed by atoms with Crippen molar-refractivity contribution >= 4 is 6.21 Å². The first kappa shape index (κ1) is 8.17. The summed E-state index contributed by atoms with van der Waals surface area (Å²) in [7, 11) is 0. The molecule has 0 spiro atoms. The standard InChI is InChI=1S/C6H12N2O/c1-3-6(9)8-5(2)4-7/h4,6-9H,2-3H2,1H3/t6-/m1/s1. The van der Waals surface area contributed by atoms with Crippen LogP contribution in [0.25, 0.3) is 0 Å². The van der Waals surface area contributed by atoms with Gasteiger partial charge < -0.3 is 15.8 Å². The quantitative estimate of drug-likeness (QED) is 0.380. The number of hydrogen-bond donors (Lipinski definition) is 3. The molecule has 0 aromatic carbocycles. The molecule has 0 aliphatic heterocycles. The predicted molar refractivity (Wildman–Crippen MR) is 37.4 cm³/mol. The molecule has 52 valence electrons. The van der Waals surface area contributed by atoms with Gasteiger partial charge in [-0.25, -0.2) is 0 Å². The molecule has 3 nitrogen and oxygen atoms in total. The van der Waals surface area contributed by atoms with E-state index in [9.17, 15) is 0 Å². The lowest BCUT2D eigenvalue weighted by atomic mass is 10.4. The fourth-order valence-electron chi connectivity index (χ4n) is 0.358. The van der Waals surface area contributed by atoms with E-state index in [1.54, 1.807) is 0 Å². The number of aliphatic hydroxyl groups excluding tert-OH is 1. The van der Waals surface area contributed by atoms with Gasteiger partial charge in [-0.2, -0.15) is 0 Å². The zero-order chi connectivity index (χ0) is 7.28. The zero-order valence-electron chi connectivity index (χ0n) is 5.52. The van der Waals surface area contributed by atoms with Crippen LogP contribution in [0.15, 0.2) is 12.3 Å². The molecule has 0 aliphatic carbocycles. The minimum absolute atomic E-state index is 0.435. The Hall–Kier alpha value is -0.830. The highest BCUT2D eigenvalue weighted by Gasteiger charge is 1.96. The van der Waals surface area contributed by atoms with Crippen LogP contribution in [0.1, 0.15) is 13.3 Å². The molecule has 0 saturated heterocycles. The van der Waals surface area contributed by atoms with Crippen molar-refractivity contribution in [2.45, 2.75) is 19.6 Å². The Kier molecular flexibility index (Phi) is 3.71. The van der Waals surface area contributed by atoms with Gasteiger partial charge in [0, 0.05) is 11.9 Å². The largest absolute Gasteiger partial charge is 0.374 e. The first-order valence-electron chi connectivity index (χ1n) is 2.84. The Morgan fingerprint density at radius 1 is 2.00 bits per heavy atom. The molecular weight excluding hydrogens is 116 g/mol. The van der Waals surface area contributed by atoms with E-state index in [1.807, 2.05) is 6.92 Å². The SMILES string of the molecule is C=C(C=N)N[C@H](O)CC. The van der Waals surface area contributed by atoms with E-state index in [0.717, 1.165) is 6.21 Å². The highest BCUT2D eigenvalue weighted by atomic mass is 16.3. The third-order valence-electron chi connectivity index (χ3n) is 0.913. The van der Waals surface area contributed by atoms with Gasteiger partial charge in [-0.1, -0.05) is 13.5 Å². The average molecular weight is 128 g/mol. The van der Waals surface area contributed by atoms with Crippen molar-refractivity contribution in [3.8, 4) is 0 Å². The van der Waals surface area contributed by atoms with Crippen LogP contribution < -0.4 is 5.32 Å². The maximum absolute atomic E-state index is 8.88. The Labute approximate surface area is 54.9 Å². The minimum atomic E-state index is -0.570. The van der Waals surface area contributed by atoms with Gasteiger partial charge in [0.2, 0.25) is 0 Å². The molecule has 0 aromatic heterocycles. The highest BCUT2D eigenvalue weighted by molar-refractivity contribution is 5.73. The average Bonchev–Trinajstić information content (AvgIpc) is 1.87. The molecule has 0 heterocycles. The first-order chi connectivity index (χ1) is 4.20. The number of rotatable bonds is 4. The van der Waals surface area contributed by atoms with E-state index in [0.29, 0.717) is 12.1 Å². The predicted octanol–water partition coefficient (Wildman–Crippen LogP) is 0.468. The van der Waals surface area contributed by atoms with Crippen molar-refractivity contribution in [2.24, 2.45) is 0 Å². The summed E-state index contributed by atoms with van der Waals surface area (Å²) in [5.41, 5.74) is 0.435. The zero-order valence-corrected chi connectivity index (χ0v) is 5.52. The van der Waals surface area contributed by atoms with Crippen LogP contribution in [0.4, 0.5) is 0 Å². The lowest BCUT2D eigenvalue weighted by Crippen LogP contribution is -2.26. The molecule has 0 radical (unpaired) electrons. The molecule has 0 fully saturated rings. The van der Waals surface area contributed by atoms with Gasteiger partial charge in [0.15, 0.2) is 0 Å². The van der Waals surface area contributed by atoms with Gasteiger partial charge >= 0.3 is 0 Å². The third-order valence-corrected chi connectivity index (χ3v) is 0.913. The second kappa shape index (κ2) is 4.09. The van der Waals surface area contributed by atoms with Crippen LogP contribution >= 0.6 is 0 Å². The number of aliphatic hydroxyl groups is 1. The van der Waals surface area contributed by atoms with E-state index in [2.05, 4.69) is 11.9 Å². The van der Waals surface area contributed by atoms with E-state index >= 15 is 0 Å². The molecule has 0 saturated carbocycles. The van der Waals surface area contributed by atoms with Crippen molar-refractivity contribution in [3.05, 3.63) is 12.3 Å². The molecule has 0 aliphatic rings. The van der Waals surface area contributed by atoms with Gasteiger partial charge in [-0.3, -0.25) is 0 Å². The van der Waals surface area contributed by atoms with Gasteiger partial charge in [0.25, 0.3) is 0 Å². The van der Waals surface area contributed by atoms with Crippen LogP contribution in [0.2, 0.25) is 0 Å². The lowest BCUT2D eigenvalue weighted by Gasteiger charge is -2.09. The van der Waals surface area contributed by atoms with Crippen LogP contribution in [-0.2, 0) is 0 Å². The maximum atomic E-state index is 8.88. The van der Waals surface area contributed by atoms with Gasteiger partial charge in [0.1, 0.15) is 6.23 Å². The van der Waals surface area contributed by atoms with Crippen LogP contribution in [0.5, 0.6) is 0 Å². The maximum Gasteiger partial charge on any atom is 0.124 e. The van der Waals surface area contributed by atoms with Gasteiger partial charge in [0.05, 0.1) is 0 Å². The third kappa shape index (κ3) is 3.73. The molecule has 0 bridgehead atoms. The van der Waals surface area contributed by atoms with E-state index in [1.165, 1.54) is 0 Å². The fraction of sp³-hybridized carbons (Fsp3) is 0.500. The first-order valence-corrected chi connectivity index (χ1v) is 2.84. The molecule has 0 unspecified atom stereocenters. The summed E-state index contributed by atoms with van der Waals surface area (Å²) in [5.74, 6) is 0. The molecule has 3 heteroatoms. The summed E-state index contributed by atoms with van der Waals surface area (Å²) in [6.45, 7) is 5.29. The topological polar surface area (TPSA) is 56.1 Å². The van der Waals surface area contributed by atoms with Crippen molar-refractivity contribution in [1.82, 2.24) is 5.32 Å². The summed E-state index contributed by atoms with van der Waals surface area (Å²) in [6.07, 6.45) is 1.12. The monoisotopic (exact) mass is 128 g/mol. The molecule has 0 aromatic rings. The van der Waals surface area contributed by atoms with Crippen molar-refractivity contribution < 1.29 is 5.11 Å². The van der Waals surface area contributed by atoms with Gasteiger partial charge in [-0.15, -0.1) is 0 Å². The molecule has 3 N–H and O–H groups in total. The Morgan fingerprint density at radius 3 is 2.89 bits per heavy atom. The summed E-state index contributed by atoms with van der Waals surface area (Å²) >= 11 is 0. The molecule has 0 rings (SSSR count). The summed E-state index contributed by atoms with van der Waals surface area (Å²) in [5, 5.41) is 18.2. The van der Waals surface area contributed by atoms with E-state index < -0.39 is 6.23 Å². The minimum Gasteiger partial charge on any atom is -0.374 e. The van der Waals surface area contributed by atoms with E-state index in [4.69, 9.17) is 10.5 Å². The smallest absolute Gasteiger partial charge is 0.124 e. The number of allylic oxidation sites excluding steroid dienone is 1. The Balaban J connectivity index is 3.46. The second-order valence-corrected chi connectivity index (χ2v) is 1.74. The van der Waals surface area contributed by atoms with Gasteiger partial charge in [-0.05, 0) is 6.42 Å². The van der Waals surface area contributed by atoms with Crippen molar-refractivity contribution in [2.75, 3.05) is 0 Å².